The first-order valence-electron chi connectivity index (χ1n) is 7.76. The number of anilines is 1. The molecule has 0 unspecified atom stereocenters. The maximum Gasteiger partial charge on any atom is 0.322 e. The molecule has 0 saturated heterocycles. The Labute approximate surface area is 152 Å². The highest BCUT2D eigenvalue weighted by molar-refractivity contribution is 6.29. The van der Waals surface area contributed by atoms with Crippen molar-refractivity contribution in [1.82, 2.24) is 9.88 Å². The Morgan fingerprint density at radius 3 is 2.56 bits per heavy atom. The highest BCUT2D eigenvalue weighted by Crippen LogP contribution is 2.32. The lowest BCUT2D eigenvalue weighted by atomic mass is 10.1. The summed E-state index contributed by atoms with van der Waals surface area (Å²) in [5, 5.41) is 3.24. The summed E-state index contributed by atoms with van der Waals surface area (Å²) in [6, 6.07) is 8.44. The first-order valence-corrected chi connectivity index (χ1v) is 8.14. The number of aryl methyl sites for hydroxylation is 1. The molecule has 1 aromatic carbocycles. The molecule has 1 aromatic heterocycles. The number of hydrogen-bond acceptors (Lipinski definition) is 4. The van der Waals surface area contributed by atoms with E-state index in [2.05, 4.69) is 10.3 Å². The molecule has 0 radical (unpaired) electrons. The van der Waals surface area contributed by atoms with Crippen molar-refractivity contribution in [1.29, 1.82) is 0 Å². The minimum absolute atomic E-state index is 0.207. The molecule has 0 fully saturated rings. The fraction of sp³-hybridized carbons (Fsp3) is 0.333. The van der Waals surface area contributed by atoms with Crippen molar-refractivity contribution >= 4 is 23.3 Å². The summed E-state index contributed by atoms with van der Waals surface area (Å²) in [5.74, 6) is 1.36. The van der Waals surface area contributed by atoms with Crippen LogP contribution < -0.4 is 14.8 Å². The third-order valence-electron chi connectivity index (χ3n) is 4.09. The third kappa shape index (κ3) is 4.33. The first-order chi connectivity index (χ1) is 11.9. The number of methoxy groups -OCH3 is 2. The van der Waals surface area contributed by atoms with Gasteiger partial charge in [0.05, 0.1) is 31.6 Å². The van der Waals surface area contributed by atoms with Crippen molar-refractivity contribution < 1.29 is 14.3 Å². The van der Waals surface area contributed by atoms with E-state index in [-0.39, 0.29) is 12.1 Å². The number of nitrogens with zero attached hydrogens (tertiary/aromatic N) is 2. The van der Waals surface area contributed by atoms with Crippen molar-refractivity contribution in [3.05, 3.63) is 46.7 Å². The average molecular weight is 364 g/mol. The van der Waals surface area contributed by atoms with Crippen LogP contribution in [0.1, 0.15) is 24.2 Å². The number of nitrogens with one attached hydrogen (secondary N) is 1. The van der Waals surface area contributed by atoms with Crippen LogP contribution >= 0.6 is 11.6 Å². The van der Waals surface area contributed by atoms with Crippen LogP contribution in [0.2, 0.25) is 5.15 Å². The van der Waals surface area contributed by atoms with Crippen molar-refractivity contribution in [2.75, 3.05) is 26.6 Å². The highest BCUT2D eigenvalue weighted by Gasteiger charge is 2.21. The summed E-state index contributed by atoms with van der Waals surface area (Å²) in [7, 11) is 4.91. The minimum Gasteiger partial charge on any atom is -0.497 e. The second-order valence-electron chi connectivity index (χ2n) is 5.59. The van der Waals surface area contributed by atoms with E-state index < -0.39 is 0 Å². The molecule has 0 spiro atoms. The largest absolute Gasteiger partial charge is 0.497 e. The monoisotopic (exact) mass is 363 g/mol. The molecule has 1 N–H and O–H groups in total. The predicted molar refractivity (Wildman–Crippen MR) is 98.7 cm³/mol. The number of carbonyl (C=O) groups is 1. The number of aromatic nitrogens is 1. The Bertz CT molecular complexity index is 767. The third-order valence-corrected chi connectivity index (χ3v) is 4.30. The summed E-state index contributed by atoms with van der Waals surface area (Å²) in [5.41, 5.74) is 2.16. The molecule has 2 amide bonds. The van der Waals surface area contributed by atoms with Crippen LogP contribution in [-0.4, -0.2) is 37.2 Å². The van der Waals surface area contributed by atoms with Gasteiger partial charge in [0.15, 0.2) is 0 Å². The van der Waals surface area contributed by atoms with Crippen LogP contribution in [0.3, 0.4) is 0 Å². The molecule has 1 heterocycles. The molecule has 2 rings (SSSR count). The number of pyridine rings is 1. The molecular formula is C18H22ClN3O3. The zero-order valence-electron chi connectivity index (χ0n) is 15.0. The number of urea groups is 1. The first kappa shape index (κ1) is 18.9. The molecule has 6 nitrogen and oxygen atoms in total. The average Bonchev–Trinajstić information content (AvgIpc) is 2.62. The number of amides is 2. The normalized spacial score (nSPS) is 11.6. The molecular weight excluding hydrogens is 342 g/mol. The number of benzene rings is 1. The fourth-order valence-electron chi connectivity index (χ4n) is 2.41. The minimum atomic E-state index is -0.252. The molecule has 0 aliphatic rings. The van der Waals surface area contributed by atoms with E-state index in [9.17, 15) is 4.79 Å². The number of hydrogen-bond donors (Lipinski definition) is 1. The van der Waals surface area contributed by atoms with Gasteiger partial charge < -0.3 is 19.7 Å². The smallest absolute Gasteiger partial charge is 0.322 e. The molecule has 1 atom stereocenters. The Balaban J connectivity index is 2.18. The van der Waals surface area contributed by atoms with Crippen LogP contribution in [-0.2, 0) is 0 Å². The van der Waals surface area contributed by atoms with Gasteiger partial charge in [0.1, 0.15) is 16.7 Å². The molecule has 0 bridgehead atoms. The van der Waals surface area contributed by atoms with Gasteiger partial charge in [-0.25, -0.2) is 9.78 Å². The second-order valence-corrected chi connectivity index (χ2v) is 5.98. The molecule has 2 aromatic rings. The Morgan fingerprint density at radius 1 is 1.24 bits per heavy atom. The van der Waals surface area contributed by atoms with E-state index in [1.54, 1.807) is 51.3 Å². The summed E-state index contributed by atoms with van der Waals surface area (Å²) >= 11 is 5.85. The van der Waals surface area contributed by atoms with Gasteiger partial charge in [-0.15, -0.1) is 0 Å². The fourth-order valence-corrected chi connectivity index (χ4v) is 2.60. The summed E-state index contributed by atoms with van der Waals surface area (Å²) in [6.45, 7) is 3.72. The Morgan fingerprint density at radius 2 is 1.96 bits per heavy atom. The number of halogens is 1. The van der Waals surface area contributed by atoms with E-state index in [1.807, 2.05) is 19.1 Å². The van der Waals surface area contributed by atoms with Crippen LogP contribution in [0.15, 0.2) is 30.3 Å². The van der Waals surface area contributed by atoms with Gasteiger partial charge in [0.25, 0.3) is 0 Å². The van der Waals surface area contributed by atoms with Gasteiger partial charge in [-0.1, -0.05) is 11.6 Å². The van der Waals surface area contributed by atoms with E-state index in [0.717, 1.165) is 5.56 Å². The van der Waals surface area contributed by atoms with Gasteiger partial charge in [-0.2, -0.15) is 0 Å². The SMILES string of the molecule is COc1ccc([C@H](C)N(C)C(=O)Nc2ccc(Cl)nc2C)c(OC)c1. The lowest BCUT2D eigenvalue weighted by Gasteiger charge is -2.27. The number of rotatable bonds is 5. The van der Waals surface area contributed by atoms with Gasteiger partial charge in [-0.3, -0.25) is 0 Å². The maximum absolute atomic E-state index is 12.6. The number of ether oxygens (including phenoxy) is 2. The maximum atomic E-state index is 12.6. The van der Waals surface area contributed by atoms with Crippen LogP contribution in [0, 0.1) is 6.92 Å². The Hall–Kier alpha value is -2.47. The zero-order valence-corrected chi connectivity index (χ0v) is 15.7. The van der Waals surface area contributed by atoms with Crippen molar-refractivity contribution in [2.24, 2.45) is 0 Å². The zero-order chi connectivity index (χ0) is 18.6. The lowest BCUT2D eigenvalue weighted by molar-refractivity contribution is 0.207. The van der Waals surface area contributed by atoms with Gasteiger partial charge in [-0.05, 0) is 38.1 Å². The highest BCUT2D eigenvalue weighted by atomic mass is 35.5. The van der Waals surface area contributed by atoms with Gasteiger partial charge in [0.2, 0.25) is 0 Å². The summed E-state index contributed by atoms with van der Waals surface area (Å²) in [6.07, 6.45) is 0. The van der Waals surface area contributed by atoms with E-state index >= 15 is 0 Å². The molecule has 7 heteroatoms. The lowest BCUT2D eigenvalue weighted by Crippen LogP contribution is -2.34. The van der Waals surface area contributed by atoms with Crippen LogP contribution in [0.4, 0.5) is 10.5 Å². The van der Waals surface area contributed by atoms with E-state index in [4.69, 9.17) is 21.1 Å². The van der Waals surface area contributed by atoms with Crippen molar-refractivity contribution in [2.45, 2.75) is 19.9 Å². The Kier molecular flexibility index (Phi) is 6.09. The van der Waals surface area contributed by atoms with Crippen LogP contribution in [0.25, 0.3) is 0 Å². The second kappa shape index (κ2) is 8.07. The molecule has 0 aliphatic carbocycles. The number of carbonyl (C=O) groups excluding carboxylic acids is 1. The predicted octanol–water partition coefficient (Wildman–Crippen LogP) is 4.29. The topological polar surface area (TPSA) is 63.7 Å². The van der Waals surface area contributed by atoms with Gasteiger partial charge in [0, 0.05) is 18.7 Å². The summed E-state index contributed by atoms with van der Waals surface area (Å²) < 4.78 is 10.6. The van der Waals surface area contributed by atoms with Gasteiger partial charge >= 0.3 is 6.03 Å². The standard InChI is InChI=1S/C18H22ClN3O3/c1-11-15(8-9-17(19)20-11)21-18(23)22(3)12(2)14-7-6-13(24-4)10-16(14)25-5/h6-10,12H,1-5H3,(H,21,23)/t12-/m0/s1. The molecule has 0 aliphatic heterocycles. The van der Waals surface area contributed by atoms with Crippen LogP contribution in [0.5, 0.6) is 11.5 Å². The quantitative estimate of drug-likeness (QED) is 0.805. The van der Waals surface area contributed by atoms with E-state index in [0.29, 0.717) is 28.0 Å². The van der Waals surface area contributed by atoms with Crippen molar-refractivity contribution in [3.8, 4) is 11.5 Å². The molecule has 134 valence electrons. The summed E-state index contributed by atoms with van der Waals surface area (Å²) in [4.78, 5) is 18.3. The van der Waals surface area contributed by atoms with Crippen molar-refractivity contribution in [3.63, 3.8) is 0 Å². The van der Waals surface area contributed by atoms with E-state index in [1.165, 1.54) is 0 Å². The molecule has 0 saturated carbocycles. The molecule has 25 heavy (non-hydrogen) atoms.